The Kier molecular flexibility index (Phi) is 2.35. The standard InChI is InChI=1S/C10H13IN/c1-8-6-9-4-2-3-5-10(9)7-12(8)11/h6-7H,2-5H2,1H3/q+1. The topological polar surface area (TPSA) is 3.88 Å². The van der Waals surface area contributed by atoms with Crippen LogP contribution in [0.25, 0.3) is 0 Å². The van der Waals surface area contributed by atoms with E-state index in [0.29, 0.717) is 0 Å². The molecule has 0 unspecified atom stereocenters. The average Bonchev–Trinajstić information content (AvgIpc) is 2.07. The molecule has 0 amide bonds. The van der Waals surface area contributed by atoms with Crippen molar-refractivity contribution in [1.29, 1.82) is 0 Å². The molecular formula is C10H13IN+. The molecule has 64 valence electrons. The lowest BCUT2D eigenvalue weighted by atomic mass is 9.93. The number of halogens is 1. The summed E-state index contributed by atoms with van der Waals surface area (Å²) in [6, 6.07) is 2.33. The second kappa shape index (κ2) is 3.32. The third-order valence-corrected chi connectivity index (χ3v) is 3.58. The van der Waals surface area contributed by atoms with Crippen LogP contribution in [-0.4, -0.2) is 0 Å². The molecule has 1 aromatic rings. The first-order valence-electron chi connectivity index (χ1n) is 4.47. The molecule has 0 aliphatic heterocycles. The summed E-state index contributed by atoms with van der Waals surface area (Å²) in [6.45, 7) is 2.17. The molecule has 2 heteroatoms. The molecule has 0 bridgehead atoms. The van der Waals surface area contributed by atoms with Crippen molar-refractivity contribution in [1.82, 2.24) is 0 Å². The smallest absolute Gasteiger partial charge is 0.141 e. The van der Waals surface area contributed by atoms with E-state index in [9.17, 15) is 0 Å². The van der Waals surface area contributed by atoms with Gasteiger partial charge in [-0.2, -0.15) is 0 Å². The molecule has 0 radical (unpaired) electrons. The second-order valence-electron chi connectivity index (χ2n) is 3.48. The van der Waals surface area contributed by atoms with Gasteiger partial charge < -0.3 is 0 Å². The number of rotatable bonds is 0. The fraction of sp³-hybridized carbons (Fsp3) is 0.500. The molecule has 0 saturated heterocycles. The quantitative estimate of drug-likeness (QED) is 0.639. The maximum Gasteiger partial charge on any atom is 0.354 e. The Balaban J connectivity index is 2.49. The van der Waals surface area contributed by atoms with Gasteiger partial charge in [0.05, 0.1) is 0 Å². The SMILES string of the molecule is Cc1cc2c(c[n+]1I)CCCC2. The maximum absolute atomic E-state index is 2.35. The number of aromatic nitrogens is 1. The van der Waals surface area contributed by atoms with Gasteiger partial charge in [0.1, 0.15) is 0 Å². The molecule has 0 N–H and O–H groups in total. The molecule has 1 aliphatic carbocycles. The molecule has 0 aromatic carbocycles. The van der Waals surface area contributed by atoms with Gasteiger partial charge in [-0.05, 0) is 31.2 Å². The lowest BCUT2D eigenvalue weighted by Gasteiger charge is -2.13. The Morgan fingerprint density at radius 3 is 2.67 bits per heavy atom. The first kappa shape index (κ1) is 8.48. The van der Waals surface area contributed by atoms with Crippen LogP contribution in [0.15, 0.2) is 12.3 Å². The molecule has 2 rings (SSSR count). The van der Waals surface area contributed by atoms with Crippen LogP contribution in [0.5, 0.6) is 0 Å². The van der Waals surface area contributed by atoms with Crippen molar-refractivity contribution in [3.05, 3.63) is 29.1 Å². The van der Waals surface area contributed by atoms with Crippen LogP contribution in [0, 0.1) is 6.92 Å². The minimum atomic E-state index is 1.28. The van der Waals surface area contributed by atoms with E-state index in [-0.39, 0.29) is 0 Å². The van der Waals surface area contributed by atoms with Gasteiger partial charge in [0.15, 0.2) is 11.9 Å². The van der Waals surface area contributed by atoms with E-state index >= 15 is 0 Å². The predicted molar refractivity (Wildman–Crippen MR) is 57.4 cm³/mol. The van der Waals surface area contributed by atoms with Gasteiger partial charge in [-0.15, -0.1) is 2.78 Å². The zero-order valence-electron chi connectivity index (χ0n) is 7.31. The number of hydrogen-bond donors (Lipinski definition) is 0. The fourth-order valence-electron chi connectivity index (χ4n) is 1.82. The Bertz CT molecular complexity index is 276. The van der Waals surface area contributed by atoms with E-state index in [1.807, 2.05) is 0 Å². The predicted octanol–water partition coefficient (Wildman–Crippen LogP) is 2.36. The summed E-state index contributed by atoms with van der Waals surface area (Å²) >= 11 is 2.35. The molecule has 0 fully saturated rings. The summed E-state index contributed by atoms with van der Waals surface area (Å²) in [5, 5.41) is 0. The highest BCUT2D eigenvalue weighted by atomic mass is 127. The van der Waals surface area contributed by atoms with Gasteiger partial charge in [0, 0.05) is 18.6 Å². The van der Waals surface area contributed by atoms with Gasteiger partial charge in [-0.25, -0.2) is 0 Å². The summed E-state index contributed by atoms with van der Waals surface area (Å²) in [5.41, 5.74) is 4.49. The van der Waals surface area contributed by atoms with Gasteiger partial charge in [0.2, 0.25) is 0 Å². The van der Waals surface area contributed by atoms with Crippen LogP contribution < -0.4 is 2.78 Å². The highest BCUT2D eigenvalue weighted by Crippen LogP contribution is 2.20. The van der Waals surface area contributed by atoms with Crippen LogP contribution in [0.1, 0.15) is 29.7 Å². The first-order valence-corrected chi connectivity index (χ1v) is 5.44. The van der Waals surface area contributed by atoms with E-state index in [2.05, 4.69) is 44.8 Å². The van der Waals surface area contributed by atoms with Crippen LogP contribution in [-0.2, 0) is 12.8 Å². The Morgan fingerprint density at radius 2 is 1.92 bits per heavy atom. The average molecular weight is 274 g/mol. The number of nitrogens with zero attached hydrogens (tertiary/aromatic N) is 1. The van der Waals surface area contributed by atoms with Crippen molar-refractivity contribution in [2.24, 2.45) is 0 Å². The van der Waals surface area contributed by atoms with Gasteiger partial charge in [-0.1, -0.05) is 0 Å². The fourth-order valence-corrected chi connectivity index (χ4v) is 2.29. The maximum atomic E-state index is 2.35. The van der Waals surface area contributed by atoms with Gasteiger partial charge >= 0.3 is 22.9 Å². The molecule has 0 spiro atoms. The van der Waals surface area contributed by atoms with E-state index in [1.165, 1.54) is 31.4 Å². The van der Waals surface area contributed by atoms with E-state index in [0.717, 1.165) is 0 Å². The van der Waals surface area contributed by atoms with E-state index in [4.69, 9.17) is 0 Å². The molecule has 0 atom stereocenters. The molecule has 0 saturated carbocycles. The number of pyridine rings is 1. The molecule has 1 heterocycles. The summed E-state index contributed by atoms with van der Waals surface area (Å²) in [5.74, 6) is 0. The van der Waals surface area contributed by atoms with Gasteiger partial charge in [-0.3, -0.25) is 0 Å². The second-order valence-corrected chi connectivity index (χ2v) is 4.52. The molecular weight excluding hydrogens is 261 g/mol. The van der Waals surface area contributed by atoms with Crippen molar-refractivity contribution in [2.45, 2.75) is 32.6 Å². The van der Waals surface area contributed by atoms with Crippen molar-refractivity contribution in [3.63, 3.8) is 0 Å². The van der Waals surface area contributed by atoms with E-state index < -0.39 is 0 Å². The van der Waals surface area contributed by atoms with Gasteiger partial charge in [0.25, 0.3) is 0 Å². The highest BCUT2D eigenvalue weighted by molar-refractivity contribution is 14.1. The van der Waals surface area contributed by atoms with Crippen LogP contribution in [0.3, 0.4) is 0 Å². The molecule has 12 heavy (non-hydrogen) atoms. The van der Waals surface area contributed by atoms with Crippen LogP contribution >= 0.6 is 22.9 Å². The zero-order chi connectivity index (χ0) is 8.55. The number of hydrogen-bond acceptors (Lipinski definition) is 0. The normalized spacial score (nSPS) is 15.8. The third kappa shape index (κ3) is 1.49. The third-order valence-electron chi connectivity index (χ3n) is 2.54. The molecule has 1 aliphatic rings. The summed E-state index contributed by atoms with van der Waals surface area (Å²) in [4.78, 5) is 0. The minimum Gasteiger partial charge on any atom is -0.141 e. The Labute approximate surface area is 87.3 Å². The monoisotopic (exact) mass is 274 g/mol. The Hall–Kier alpha value is -0.120. The van der Waals surface area contributed by atoms with E-state index in [1.54, 1.807) is 11.1 Å². The van der Waals surface area contributed by atoms with Crippen molar-refractivity contribution >= 4 is 22.9 Å². The number of fused-ring (bicyclic) bond motifs is 1. The lowest BCUT2D eigenvalue weighted by Crippen LogP contribution is -2.25. The number of aryl methyl sites for hydroxylation is 3. The molecule has 1 aromatic heterocycles. The summed E-state index contributed by atoms with van der Waals surface area (Å²) in [7, 11) is 0. The Morgan fingerprint density at radius 1 is 1.25 bits per heavy atom. The lowest BCUT2D eigenvalue weighted by molar-refractivity contribution is -0.449. The summed E-state index contributed by atoms with van der Waals surface area (Å²) < 4.78 is 2.20. The summed E-state index contributed by atoms with van der Waals surface area (Å²) in [6.07, 6.45) is 7.58. The van der Waals surface area contributed by atoms with Crippen molar-refractivity contribution in [3.8, 4) is 0 Å². The van der Waals surface area contributed by atoms with Crippen molar-refractivity contribution in [2.75, 3.05) is 0 Å². The first-order chi connectivity index (χ1) is 5.77. The zero-order valence-corrected chi connectivity index (χ0v) is 9.47. The largest absolute Gasteiger partial charge is 0.354 e. The highest BCUT2D eigenvalue weighted by Gasteiger charge is 2.14. The minimum absolute atomic E-state index is 1.28. The van der Waals surface area contributed by atoms with Crippen molar-refractivity contribution < 1.29 is 2.78 Å². The van der Waals surface area contributed by atoms with Crippen LogP contribution in [0.2, 0.25) is 0 Å². The van der Waals surface area contributed by atoms with Crippen LogP contribution in [0.4, 0.5) is 0 Å². The molecule has 1 nitrogen and oxygen atoms in total.